The zero-order valence-corrected chi connectivity index (χ0v) is 12.7. The molecular formula is C17H22N2O2. The van der Waals surface area contributed by atoms with Gasteiger partial charge >= 0.3 is 0 Å². The van der Waals surface area contributed by atoms with Crippen LogP contribution in [0.2, 0.25) is 0 Å². The summed E-state index contributed by atoms with van der Waals surface area (Å²) in [6.07, 6.45) is 3.19. The molecule has 0 radical (unpaired) electrons. The van der Waals surface area contributed by atoms with Crippen LogP contribution in [0.1, 0.15) is 43.6 Å². The molecule has 21 heavy (non-hydrogen) atoms. The average molecular weight is 286 g/mol. The Hall–Kier alpha value is -1.97. The number of aromatic nitrogens is 1. The Balaban J connectivity index is 2.06. The summed E-state index contributed by atoms with van der Waals surface area (Å²) >= 11 is 0. The van der Waals surface area contributed by atoms with Gasteiger partial charge in [-0.15, -0.1) is 0 Å². The molecule has 1 aromatic heterocycles. The van der Waals surface area contributed by atoms with Crippen molar-refractivity contribution in [1.82, 2.24) is 9.88 Å². The van der Waals surface area contributed by atoms with Gasteiger partial charge in [-0.25, -0.2) is 0 Å². The van der Waals surface area contributed by atoms with Crippen LogP contribution in [0.15, 0.2) is 24.3 Å². The summed E-state index contributed by atoms with van der Waals surface area (Å²) in [7, 11) is 0. The van der Waals surface area contributed by atoms with E-state index in [1.807, 2.05) is 25.1 Å². The van der Waals surface area contributed by atoms with Crippen molar-refractivity contribution in [2.45, 2.75) is 45.7 Å². The molecule has 1 saturated carbocycles. The van der Waals surface area contributed by atoms with Gasteiger partial charge in [0, 0.05) is 18.0 Å². The van der Waals surface area contributed by atoms with Gasteiger partial charge in [-0.05, 0) is 44.4 Å². The third kappa shape index (κ3) is 2.75. The van der Waals surface area contributed by atoms with Crippen LogP contribution in [0.4, 0.5) is 0 Å². The molecule has 1 aliphatic rings. The number of rotatable bonds is 6. The molecule has 1 fully saturated rings. The van der Waals surface area contributed by atoms with Gasteiger partial charge in [0.1, 0.15) is 11.4 Å². The summed E-state index contributed by atoms with van der Waals surface area (Å²) in [5.41, 5.74) is 1.81. The predicted molar refractivity (Wildman–Crippen MR) is 83.9 cm³/mol. The first-order chi connectivity index (χ1) is 10.2. The smallest absolute Gasteiger partial charge is 0.268 e. The quantitative estimate of drug-likeness (QED) is 0.885. The molecule has 4 heteroatoms. The summed E-state index contributed by atoms with van der Waals surface area (Å²) in [6.45, 7) is 5.57. The first kappa shape index (κ1) is 14.0. The summed E-state index contributed by atoms with van der Waals surface area (Å²) in [5, 5.41) is 4.10. The number of aryl methyl sites for hydroxylation is 1. The molecule has 1 aromatic carbocycles. The standard InChI is InChI=1S/C17H22N2O2/c1-3-10-19-14-6-5-7-16(21-4-2)13(14)11-15(19)17(20)18-12-8-9-12/h5-7,11-12H,3-4,8-10H2,1-2H3,(H,18,20). The van der Waals surface area contributed by atoms with Gasteiger partial charge in [-0.3, -0.25) is 4.79 Å². The summed E-state index contributed by atoms with van der Waals surface area (Å²) in [5.74, 6) is 0.884. The van der Waals surface area contributed by atoms with Crippen molar-refractivity contribution in [3.63, 3.8) is 0 Å². The fourth-order valence-corrected chi connectivity index (χ4v) is 2.68. The molecule has 1 aliphatic carbocycles. The van der Waals surface area contributed by atoms with E-state index in [0.717, 1.165) is 48.2 Å². The topological polar surface area (TPSA) is 43.3 Å². The van der Waals surface area contributed by atoms with E-state index in [4.69, 9.17) is 4.74 Å². The van der Waals surface area contributed by atoms with E-state index in [9.17, 15) is 4.79 Å². The molecule has 0 aliphatic heterocycles. The van der Waals surface area contributed by atoms with Crippen molar-refractivity contribution in [3.05, 3.63) is 30.0 Å². The van der Waals surface area contributed by atoms with Crippen molar-refractivity contribution in [2.75, 3.05) is 6.61 Å². The number of nitrogens with one attached hydrogen (secondary N) is 1. The minimum Gasteiger partial charge on any atom is -0.493 e. The minimum atomic E-state index is 0.0320. The van der Waals surface area contributed by atoms with Gasteiger partial charge in [0.25, 0.3) is 5.91 Å². The van der Waals surface area contributed by atoms with Gasteiger partial charge in [0.05, 0.1) is 12.1 Å². The molecular weight excluding hydrogens is 264 g/mol. The van der Waals surface area contributed by atoms with Gasteiger partial charge in [-0.1, -0.05) is 13.0 Å². The lowest BCUT2D eigenvalue weighted by Gasteiger charge is -2.10. The lowest BCUT2D eigenvalue weighted by Crippen LogP contribution is -2.27. The highest BCUT2D eigenvalue weighted by Crippen LogP contribution is 2.30. The second-order valence-corrected chi connectivity index (χ2v) is 5.55. The zero-order chi connectivity index (χ0) is 14.8. The molecule has 0 unspecified atom stereocenters. The molecule has 0 spiro atoms. The largest absolute Gasteiger partial charge is 0.493 e. The lowest BCUT2D eigenvalue weighted by atomic mass is 10.2. The summed E-state index contributed by atoms with van der Waals surface area (Å²) < 4.78 is 7.80. The molecule has 112 valence electrons. The maximum atomic E-state index is 12.5. The Morgan fingerprint density at radius 3 is 2.86 bits per heavy atom. The number of carbonyl (C=O) groups excluding carboxylic acids is 1. The van der Waals surface area contributed by atoms with Crippen LogP contribution in [0, 0.1) is 0 Å². The maximum absolute atomic E-state index is 12.5. The van der Waals surface area contributed by atoms with E-state index in [1.165, 1.54) is 0 Å². The molecule has 0 saturated heterocycles. The molecule has 2 aromatic rings. The predicted octanol–water partition coefficient (Wildman–Crippen LogP) is 3.34. The Labute approximate surface area is 125 Å². The first-order valence-corrected chi connectivity index (χ1v) is 7.80. The van der Waals surface area contributed by atoms with E-state index in [1.54, 1.807) is 0 Å². The molecule has 3 rings (SSSR count). The molecule has 1 amide bonds. The number of carbonyl (C=O) groups is 1. The van der Waals surface area contributed by atoms with Crippen LogP contribution in [-0.2, 0) is 6.54 Å². The Kier molecular flexibility index (Phi) is 3.86. The second-order valence-electron chi connectivity index (χ2n) is 5.55. The van der Waals surface area contributed by atoms with Gasteiger partial charge in [0.2, 0.25) is 0 Å². The molecule has 4 nitrogen and oxygen atoms in total. The Morgan fingerprint density at radius 2 is 2.19 bits per heavy atom. The van der Waals surface area contributed by atoms with E-state index >= 15 is 0 Å². The fourth-order valence-electron chi connectivity index (χ4n) is 2.68. The molecule has 1 heterocycles. The number of hydrogen-bond donors (Lipinski definition) is 1. The van der Waals surface area contributed by atoms with E-state index in [2.05, 4.69) is 22.9 Å². The van der Waals surface area contributed by atoms with Crippen LogP contribution in [0.25, 0.3) is 10.9 Å². The fraction of sp³-hybridized carbons (Fsp3) is 0.471. The van der Waals surface area contributed by atoms with Crippen LogP contribution >= 0.6 is 0 Å². The van der Waals surface area contributed by atoms with Crippen LogP contribution in [0.3, 0.4) is 0 Å². The lowest BCUT2D eigenvalue weighted by molar-refractivity contribution is 0.0942. The zero-order valence-electron chi connectivity index (χ0n) is 12.7. The SMILES string of the molecule is CCCn1c(C(=O)NC2CC2)cc2c(OCC)cccc21. The second kappa shape index (κ2) is 5.80. The van der Waals surface area contributed by atoms with E-state index in [0.29, 0.717) is 12.6 Å². The molecule has 0 atom stereocenters. The normalized spacial score (nSPS) is 14.4. The third-order valence-corrected chi connectivity index (χ3v) is 3.80. The number of fused-ring (bicyclic) bond motifs is 1. The van der Waals surface area contributed by atoms with E-state index in [-0.39, 0.29) is 5.91 Å². The van der Waals surface area contributed by atoms with Crippen molar-refractivity contribution in [3.8, 4) is 5.75 Å². The molecule has 0 bridgehead atoms. The van der Waals surface area contributed by atoms with Gasteiger partial charge in [-0.2, -0.15) is 0 Å². The van der Waals surface area contributed by atoms with Crippen LogP contribution in [0.5, 0.6) is 5.75 Å². The number of nitrogens with zero attached hydrogens (tertiary/aromatic N) is 1. The third-order valence-electron chi connectivity index (χ3n) is 3.80. The Morgan fingerprint density at radius 1 is 1.38 bits per heavy atom. The highest BCUT2D eigenvalue weighted by Gasteiger charge is 2.26. The van der Waals surface area contributed by atoms with Gasteiger partial charge < -0.3 is 14.6 Å². The number of amides is 1. The summed E-state index contributed by atoms with van der Waals surface area (Å²) in [6, 6.07) is 8.35. The number of hydrogen-bond acceptors (Lipinski definition) is 2. The van der Waals surface area contributed by atoms with Crippen LogP contribution in [-0.4, -0.2) is 23.1 Å². The Bertz CT molecular complexity index is 656. The monoisotopic (exact) mass is 286 g/mol. The van der Waals surface area contributed by atoms with E-state index < -0.39 is 0 Å². The van der Waals surface area contributed by atoms with Crippen molar-refractivity contribution in [1.29, 1.82) is 0 Å². The number of ether oxygens (including phenoxy) is 1. The minimum absolute atomic E-state index is 0.0320. The van der Waals surface area contributed by atoms with Crippen molar-refractivity contribution in [2.24, 2.45) is 0 Å². The number of benzene rings is 1. The van der Waals surface area contributed by atoms with Crippen molar-refractivity contribution >= 4 is 16.8 Å². The van der Waals surface area contributed by atoms with Crippen LogP contribution < -0.4 is 10.1 Å². The highest BCUT2D eigenvalue weighted by molar-refractivity contribution is 6.00. The van der Waals surface area contributed by atoms with Crippen molar-refractivity contribution < 1.29 is 9.53 Å². The van der Waals surface area contributed by atoms with Gasteiger partial charge in [0.15, 0.2) is 0 Å². The molecule has 1 N–H and O–H groups in total. The average Bonchev–Trinajstić information content (AvgIpc) is 3.20. The maximum Gasteiger partial charge on any atom is 0.268 e. The highest BCUT2D eigenvalue weighted by atomic mass is 16.5. The summed E-state index contributed by atoms with van der Waals surface area (Å²) in [4.78, 5) is 12.5. The first-order valence-electron chi connectivity index (χ1n) is 7.80.